The number of anilines is 5. The van der Waals surface area contributed by atoms with E-state index in [9.17, 15) is 4.79 Å². The maximum Gasteiger partial charge on any atom is 0.332 e. The molecule has 0 saturated heterocycles. The number of rotatable bonds is 7. The second-order valence-corrected chi connectivity index (χ2v) is 8.53. The Kier molecular flexibility index (Phi) is 7.26. The van der Waals surface area contributed by atoms with Gasteiger partial charge in [0.15, 0.2) is 0 Å². The van der Waals surface area contributed by atoms with Crippen LogP contribution in [-0.4, -0.2) is 30.1 Å². The predicted octanol–water partition coefficient (Wildman–Crippen LogP) is 6.39. The summed E-state index contributed by atoms with van der Waals surface area (Å²) in [5.41, 5.74) is 4.49. The summed E-state index contributed by atoms with van der Waals surface area (Å²) >= 11 is 0. The van der Waals surface area contributed by atoms with Crippen molar-refractivity contribution in [3.05, 3.63) is 102 Å². The first-order chi connectivity index (χ1) is 16.9. The van der Waals surface area contributed by atoms with Gasteiger partial charge in [-0.3, -0.25) is 0 Å². The Morgan fingerprint density at radius 1 is 0.886 bits per heavy atom. The molecule has 0 unspecified atom stereocenters. The zero-order chi connectivity index (χ0) is 24.8. The molecule has 0 aliphatic carbocycles. The Morgan fingerprint density at radius 2 is 1.60 bits per heavy atom. The highest BCUT2D eigenvalue weighted by Gasteiger charge is 2.24. The van der Waals surface area contributed by atoms with Crippen LogP contribution in [0.2, 0.25) is 0 Å². The fourth-order valence-corrected chi connectivity index (χ4v) is 3.83. The third-order valence-corrected chi connectivity index (χ3v) is 5.59. The Balaban J connectivity index is 1.71. The van der Waals surface area contributed by atoms with E-state index in [0.717, 1.165) is 16.8 Å². The number of nitrogens with zero attached hydrogens (tertiary/aromatic N) is 4. The lowest BCUT2D eigenvalue weighted by Gasteiger charge is -2.27. The molecule has 3 aromatic carbocycles. The SMILES string of the molecule is Cc1cccc(NC(=O)N(c2ccnc(N[C@@H](C)c3ccccc3)n2)c2ccccc2N(C)C)c1. The molecular weight excluding hydrogens is 436 g/mol. The first kappa shape index (κ1) is 23.8. The summed E-state index contributed by atoms with van der Waals surface area (Å²) in [6.45, 7) is 4.04. The van der Waals surface area contributed by atoms with E-state index < -0.39 is 0 Å². The number of aromatic nitrogens is 2. The predicted molar refractivity (Wildman–Crippen MR) is 144 cm³/mol. The van der Waals surface area contributed by atoms with Gasteiger partial charge in [0.05, 0.1) is 17.4 Å². The molecule has 0 aliphatic rings. The Morgan fingerprint density at radius 3 is 2.31 bits per heavy atom. The van der Waals surface area contributed by atoms with Crippen LogP contribution in [0, 0.1) is 6.92 Å². The van der Waals surface area contributed by atoms with Crippen LogP contribution in [0.25, 0.3) is 0 Å². The topological polar surface area (TPSA) is 73.4 Å². The van der Waals surface area contributed by atoms with Gasteiger partial charge < -0.3 is 15.5 Å². The minimum absolute atomic E-state index is 0.00455. The van der Waals surface area contributed by atoms with Crippen molar-refractivity contribution in [2.24, 2.45) is 0 Å². The summed E-state index contributed by atoms with van der Waals surface area (Å²) in [5, 5.41) is 6.37. The second-order valence-electron chi connectivity index (χ2n) is 8.53. The second kappa shape index (κ2) is 10.7. The van der Waals surface area contributed by atoms with Gasteiger partial charge in [0, 0.05) is 32.0 Å². The molecule has 0 aliphatic heterocycles. The van der Waals surface area contributed by atoms with Crippen molar-refractivity contribution >= 4 is 34.9 Å². The molecular formula is C28H30N6O. The highest BCUT2D eigenvalue weighted by molar-refractivity contribution is 6.08. The molecule has 0 radical (unpaired) electrons. The molecule has 4 rings (SSSR count). The lowest BCUT2D eigenvalue weighted by molar-refractivity contribution is 0.259. The zero-order valence-corrected chi connectivity index (χ0v) is 20.4. The maximum atomic E-state index is 13.7. The van der Waals surface area contributed by atoms with Gasteiger partial charge in [-0.15, -0.1) is 0 Å². The van der Waals surface area contributed by atoms with Crippen molar-refractivity contribution < 1.29 is 4.79 Å². The molecule has 1 atom stereocenters. The highest BCUT2D eigenvalue weighted by atomic mass is 16.2. The van der Waals surface area contributed by atoms with E-state index in [-0.39, 0.29) is 12.1 Å². The molecule has 178 valence electrons. The highest BCUT2D eigenvalue weighted by Crippen LogP contribution is 2.34. The number of amides is 2. The third kappa shape index (κ3) is 5.76. The minimum atomic E-state index is -0.314. The van der Waals surface area contributed by atoms with Crippen LogP contribution >= 0.6 is 0 Å². The molecule has 7 nitrogen and oxygen atoms in total. The average Bonchev–Trinajstić information content (AvgIpc) is 2.85. The number of aryl methyl sites for hydroxylation is 1. The molecule has 1 heterocycles. The molecule has 2 amide bonds. The quantitative estimate of drug-likeness (QED) is 0.330. The van der Waals surface area contributed by atoms with Crippen molar-refractivity contribution in [1.82, 2.24) is 9.97 Å². The normalized spacial score (nSPS) is 11.4. The lowest BCUT2D eigenvalue weighted by atomic mass is 10.1. The summed E-state index contributed by atoms with van der Waals surface area (Å²) in [7, 11) is 3.90. The summed E-state index contributed by atoms with van der Waals surface area (Å²) in [4.78, 5) is 26.3. The van der Waals surface area contributed by atoms with Crippen molar-refractivity contribution in [1.29, 1.82) is 0 Å². The molecule has 0 spiro atoms. The monoisotopic (exact) mass is 466 g/mol. The fourth-order valence-electron chi connectivity index (χ4n) is 3.83. The number of para-hydroxylation sites is 2. The van der Waals surface area contributed by atoms with Crippen molar-refractivity contribution in [2.45, 2.75) is 19.9 Å². The molecule has 0 saturated carbocycles. The number of urea groups is 1. The summed E-state index contributed by atoms with van der Waals surface area (Å²) in [6, 6.07) is 27.0. The fraction of sp³-hybridized carbons (Fsp3) is 0.179. The largest absolute Gasteiger partial charge is 0.376 e. The van der Waals surface area contributed by atoms with Gasteiger partial charge >= 0.3 is 6.03 Å². The van der Waals surface area contributed by atoms with Crippen LogP contribution in [0.5, 0.6) is 0 Å². The number of benzene rings is 3. The van der Waals surface area contributed by atoms with Gasteiger partial charge in [0.2, 0.25) is 5.95 Å². The van der Waals surface area contributed by atoms with Gasteiger partial charge in [0.25, 0.3) is 0 Å². The van der Waals surface area contributed by atoms with Crippen molar-refractivity contribution in [3.8, 4) is 0 Å². The van der Waals surface area contributed by atoms with Crippen LogP contribution in [0.15, 0.2) is 91.1 Å². The zero-order valence-electron chi connectivity index (χ0n) is 20.4. The Labute approximate surface area is 206 Å². The average molecular weight is 467 g/mol. The van der Waals surface area contributed by atoms with Gasteiger partial charge in [-0.2, -0.15) is 4.98 Å². The molecule has 7 heteroatoms. The number of hydrogen-bond acceptors (Lipinski definition) is 5. The van der Waals surface area contributed by atoms with Gasteiger partial charge in [-0.1, -0.05) is 54.6 Å². The van der Waals surface area contributed by atoms with Crippen LogP contribution in [0.4, 0.5) is 33.6 Å². The summed E-state index contributed by atoms with van der Waals surface area (Å²) in [5.74, 6) is 0.900. The smallest absolute Gasteiger partial charge is 0.332 e. The van der Waals surface area contributed by atoms with E-state index in [0.29, 0.717) is 23.1 Å². The van der Waals surface area contributed by atoms with E-state index in [4.69, 9.17) is 4.98 Å². The van der Waals surface area contributed by atoms with E-state index >= 15 is 0 Å². The molecule has 0 bridgehead atoms. The van der Waals surface area contributed by atoms with Crippen LogP contribution in [0.3, 0.4) is 0 Å². The first-order valence-electron chi connectivity index (χ1n) is 11.5. The molecule has 0 fully saturated rings. The minimum Gasteiger partial charge on any atom is -0.376 e. The number of carbonyl (C=O) groups is 1. The Bertz CT molecular complexity index is 1290. The summed E-state index contributed by atoms with van der Waals surface area (Å²) in [6.07, 6.45) is 1.66. The summed E-state index contributed by atoms with van der Waals surface area (Å²) < 4.78 is 0. The first-order valence-corrected chi connectivity index (χ1v) is 11.5. The van der Waals surface area contributed by atoms with Gasteiger partial charge in [0.1, 0.15) is 5.82 Å². The number of hydrogen-bond donors (Lipinski definition) is 2. The molecule has 2 N–H and O–H groups in total. The number of nitrogens with one attached hydrogen (secondary N) is 2. The molecule has 35 heavy (non-hydrogen) atoms. The number of carbonyl (C=O) groups excluding carboxylic acids is 1. The van der Waals surface area contributed by atoms with E-state index in [2.05, 4.69) is 34.7 Å². The molecule has 1 aromatic heterocycles. The maximum absolute atomic E-state index is 13.7. The lowest BCUT2D eigenvalue weighted by Crippen LogP contribution is -2.33. The van der Waals surface area contributed by atoms with E-state index in [1.807, 2.05) is 92.6 Å². The Hall–Kier alpha value is -4.39. The van der Waals surface area contributed by atoms with Crippen molar-refractivity contribution in [3.63, 3.8) is 0 Å². The standard InChI is InChI=1S/C28H30N6O/c1-20-11-10-14-23(19-20)31-28(35)34(25-16-9-8-15-24(25)33(3)4)26-17-18-29-27(32-26)30-21(2)22-12-6-5-7-13-22/h5-19,21H,1-4H3,(H,31,35)(H,29,30,32)/t21-/m0/s1. The van der Waals surface area contributed by atoms with E-state index in [1.165, 1.54) is 0 Å². The van der Waals surface area contributed by atoms with Gasteiger partial charge in [-0.05, 0) is 49.2 Å². The van der Waals surface area contributed by atoms with Crippen molar-refractivity contribution in [2.75, 3.05) is 34.5 Å². The van der Waals surface area contributed by atoms with Gasteiger partial charge in [-0.25, -0.2) is 14.7 Å². The molecule has 4 aromatic rings. The van der Waals surface area contributed by atoms with E-state index in [1.54, 1.807) is 17.2 Å². The van der Waals surface area contributed by atoms with Crippen LogP contribution in [-0.2, 0) is 0 Å². The van der Waals surface area contributed by atoms with Crippen LogP contribution in [0.1, 0.15) is 24.1 Å². The van der Waals surface area contributed by atoms with Crippen LogP contribution < -0.4 is 20.4 Å². The third-order valence-electron chi connectivity index (χ3n) is 5.59.